The first-order valence-corrected chi connectivity index (χ1v) is 9.71. The lowest BCUT2D eigenvalue weighted by atomic mass is 10.00. The van der Waals surface area contributed by atoms with E-state index in [0.717, 1.165) is 49.0 Å². The van der Waals surface area contributed by atoms with E-state index in [1.807, 2.05) is 31.2 Å². The number of aromatic nitrogens is 2. The summed E-state index contributed by atoms with van der Waals surface area (Å²) in [6.45, 7) is 6.79. The minimum absolute atomic E-state index is 0.213. The summed E-state index contributed by atoms with van der Waals surface area (Å²) in [5.41, 5.74) is 1.19. The van der Waals surface area contributed by atoms with Crippen molar-refractivity contribution in [3.8, 4) is 11.5 Å². The monoisotopic (exact) mass is 384 g/mol. The van der Waals surface area contributed by atoms with Crippen molar-refractivity contribution in [2.24, 2.45) is 5.92 Å². The lowest BCUT2D eigenvalue weighted by Crippen LogP contribution is -2.35. The molecule has 0 saturated carbocycles. The van der Waals surface area contributed by atoms with Crippen LogP contribution in [0.1, 0.15) is 35.9 Å². The number of anilines is 1. The van der Waals surface area contributed by atoms with Gasteiger partial charge in [-0.3, -0.25) is 4.79 Å². The Kier molecular flexibility index (Phi) is 6.68. The van der Waals surface area contributed by atoms with E-state index < -0.39 is 0 Å². The molecule has 1 N–H and O–H groups in total. The van der Waals surface area contributed by atoms with Gasteiger partial charge in [-0.25, -0.2) is 9.97 Å². The van der Waals surface area contributed by atoms with Crippen LogP contribution in [0.3, 0.4) is 0 Å². The highest BCUT2D eigenvalue weighted by atomic mass is 16.5. The maximum Gasteiger partial charge on any atom is 0.270 e. The predicted octanol–water partition coefficient (Wildman–Crippen LogP) is 2.84. The topological polar surface area (TPSA) is 76.6 Å². The summed E-state index contributed by atoms with van der Waals surface area (Å²) < 4.78 is 10.7. The first kappa shape index (κ1) is 19.9. The van der Waals surface area contributed by atoms with Crippen LogP contribution in [0, 0.1) is 12.8 Å². The molecule has 1 amide bonds. The van der Waals surface area contributed by atoms with E-state index in [0.29, 0.717) is 24.8 Å². The molecule has 150 valence electrons. The van der Waals surface area contributed by atoms with Gasteiger partial charge in [0.25, 0.3) is 5.91 Å². The quantitative estimate of drug-likeness (QED) is 0.740. The van der Waals surface area contributed by atoms with Gasteiger partial charge in [-0.2, -0.15) is 0 Å². The van der Waals surface area contributed by atoms with Crippen LogP contribution in [0.25, 0.3) is 0 Å². The fourth-order valence-corrected chi connectivity index (χ4v) is 3.12. The molecule has 1 aromatic carbocycles. The first-order chi connectivity index (χ1) is 13.5. The van der Waals surface area contributed by atoms with Gasteiger partial charge >= 0.3 is 0 Å². The van der Waals surface area contributed by atoms with Crippen molar-refractivity contribution in [2.45, 2.75) is 26.7 Å². The van der Waals surface area contributed by atoms with Crippen LogP contribution in [0.4, 0.5) is 5.95 Å². The normalized spacial score (nSPS) is 14.6. The van der Waals surface area contributed by atoms with E-state index in [9.17, 15) is 4.79 Å². The molecular formula is C21H28N4O3. The Hall–Kier alpha value is -2.83. The van der Waals surface area contributed by atoms with Crippen LogP contribution in [-0.4, -0.2) is 49.2 Å². The second kappa shape index (κ2) is 9.39. The van der Waals surface area contributed by atoms with Crippen molar-refractivity contribution in [2.75, 3.05) is 38.3 Å². The molecule has 7 heteroatoms. The van der Waals surface area contributed by atoms with Gasteiger partial charge in [0.15, 0.2) is 0 Å². The van der Waals surface area contributed by atoms with Crippen LogP contribution in [0.5, 0.6) is 11.5 Å². The Morgan fingerprint density at radius 2 is 1.86 bits per heavy atom. The highest BCUT2D eigenvalue weighted by Crippen LogP contribution is 2.20. The van der Waals surface area contributed by atoms with Crippen LogP contribution >= 0.6 is 0 Å². The number of hydrogen-bond donors (Lipinski definition) is 1. The number of nitrogens with zero attached hydrogens (tertiary/aromatic N) is 3. The Morgan fingerprint density at radius 1 is 1.18 bits per heavy atom. The number of nitrogens with one attached hydrogen (secondary N) is 1. The molecule has 0 spiro atoms. The second-order valence-electron chi connectivity index (χ2n) is 7.14. The molecule has 0 atom stereocenters. The molecule has 2 aromatic rings. The number of aryl methyl sites for hydroxylation is 1. The molecular weight excluding hydrogens is 356 g/mol. The van der Waals surface area contributed by atoms with Crippen LogP contribution in [0.2, 0.25) is 0 Å². The van der Waals surface area contributed by atoms with Crippen LogP contribution < -0.4 is 19.7 Å². The standard InChI is InChI=1S/C21H28N4O3/c1-15-8-11-25(12-9-15)21-23-16(2)14-19(24-21)20(26)22-10-13-28-18-6-4-17(27-3)5-7-18/h4-7,14-15H,8-13H2,1-3H3,(H,22,26). The summed E-state index contributed by atoms with van der Waals surface area (Å²) in [5, 5.41) is 2.86. The van der Waals surface area contributed by atoms with Gasteiger partial charge in [-0.1, -0.05) is 6.92 Å². The number of piperidine rings is 1. The Bertz CT molecular complexity index is 787. The lowest BCUT2D eigenvalue weighted by Gasteiger charge is -2.30. The average molecular weight is 384 g/mol. The van der Waals surface area contributed by atoms with Crippen molar-refractivity contribution in [3.05, 3.63) is 41.7 Å². The largest absolute Gasteiger partial charge is 0.497 e. The van der Waals surface area contributed by atoms with Crippen molar-refractivity contribution in [3.63, 3.8) is 0 Å². The molecule has 1 aliphatic heterocycles. The maximum atomic E-state index is 12.5. The third kappa shape index (κ3) is 5.34. The van der Waals surface area contributed by atoms with Crippen molar-refractivity contribution in [1.82, 2.24) is 15.3 Å². The zero-order chi connectivity index (χ0) is 19.9. The number of carbonyl (C=O) groups excluding carboxylic acids is 1. The van der Waals surface area contributed by atoms with E-state index >= 15 is 0 Å². The number of benzene rings is 1. The van der Waals surface area contributed by atoms with Crippen LogP contribution in [-0.2, 0) is 0 Å². The van der Waals surface area contributed by atoms with Crippen molar-refractivity contribution < 1.29 is 14.3 Å². The Labute approximate surface area is 166 Å². The zero-order valence-electron chi connectivity index (χ0n) is 16.8. The first-order valence-electron chi connectivity index (χ1n) is 9.71. The van der Waals surface area contributed by atoms with Gasteiger partial charge < -0.3 is 19.7 Å². The van der Waals surface area contributed by atoms with E-state index in [4.69, 9.17) is 9.47 Å². The molecule has 28 heavy (non-hydrogen) atoms. The number of ether oxygens (including phenoxy) is 2. The lowest BCUT2D eigenvalue weighted by molar-refractivity contribution is 0.0941. The highest BCUT2D eigenvalue weighted by Gasteiger charge is 2.20. The Balaban J connectivity index is 1.52. The Morgan fingerprint density at radius 3 is 2.54 bits per heavy atom. The van der Waals surface area contributed by atoms with E-state index in [2.05, 4.69) is 27.1 Å². The third-order valence-electron chi connectivity index (χ3n) is 4.86. The molecule has 2 heterocycles. The summed E-state index contributed by atoms with van der Waals surface area (Å²) in [5.74, 6) is 2.67. The van der Waals surface area contributed by atoms with E-state index in [1.54, 1.807) is 13.2 Å². The summed E-state index contributed by atoms with van der Waals surface area (Å²) in [6.07, 6.45) is 2.25. The minimum atomic E-state index is -0.213. The molecule has 1 aliphatic rings. The predicted molar refractivity (Wildman–Crippen MR) is 108 cm³/mol. The number of amides is 1. The molecule has 0 unspecified atom stereocenters. The maximum absolute atomic E-state index is 12.5. The van der Waals surface area contributed by atoms with E-state index in [-0.39, 0.29) is 5.91 Å². The molecule has 0 bridgehead atoms. The smallest absolute Gasteiger partial charge is 0.270 e. The molecule has 1 fully saturated rings. The third-order valence-corrected chi connectivity index (χ3v) is 4.86. The number of hydrogen-bond acceptors (Lipinski definition) is 6. The van der Waals surface area contributed by atoms with Gasteiger partial charge in [0.05, 0.1) is 13.7 Å². The van der Waals surface area contributed by atoms with Gasteiger partial charge in [0.2, 0.25) is 5.95 Å². The molecule has 3 rings (SSSR count). The van der Waals surface area contributed by atoms with Gasteiger partial charge in [0.1, 0.15) is 23.8 Å². The zero-order valence-corrected chi connectivity index (χ0v) is 16.8. The number of rotatable bonds is 7. The SMILES string of the molecule is COc1ccc(OCCNC(=O)c2cc(C)nc(N3CCC(C)CC3)n2)cc1. The van der Waals surface area contributed by atoms with Crippen molar-refractivity contribution >= 4 is 11.9 Å². The fraction of sp³-hybridized carbons (Fsp3) is 0.476. The van der Waals surface area contributed by atoms with Crippen molar-refractivity contribution in [1.29, 1.82) is 0 Å². The summed E-state index contributed by atoms with van der Waals surface area (Å²) in [7, 11) is 1.62. The molecule has 1 saturated heterocycles. The summed E-state index contributed by atoms with van der Waals surface area (Å²) in [6, 6.07) is 9.05. The van der Waals surface area contributed by atoms with E-state index in [1.165, 1.54) is 0 Å². The molecule has 7 nitrogen and oxygen atoms in total. The molecule has 0 aliphatic carbocycles. The summed E-state index contributed by atoms with van der Waals surface area (Å²) >= 11 is 0. The van der Waals surface area contributed by atoms with Gasteiger partial charge in [-0.05, 0) is 56.0 Å². The number of methoxy groups -OCH3 is 1. The number of carbonyl (C=O) groups is 1. The molecule has 0 radical (unpaired) electrons. The second-order valence-corrected chi connectivity index (χ2v) is 7.14. The summed E-state index contributed by atoms with van der Waals surface area (Å²) in [4.78, 5) is 23.7. The molecule has 1 aromatic heterocycles. The average Bonchev–Trinajstić information content (AvgIpc) is 2.71. The highest BCUT2D eigenvalue weighted by molar-refractivity contribution is 5.92. The minimum Gasteiger partial charge on any atom is -0.497 e. The van der Waals surface area contributed by atoms with Gasteiger partial charge in [0, 0.05) is 18.8 Å². The van der Waals surface area contributed by atoms with Gasteiger partial charge in [-0.15, -0.1) is 0 Å². The fourth-order valence-electron chi connectivity index (χ4n) is 3.12. The van der Waals surface area contributed by atoms with Crippen LogP contribution in [0.15, 0.2) is 30.3 Å².